The van der Waals surface area contributed by atoms with E-state index in [1.54, 1.807) is 49.4 Å². The molecule has 0 aliphatic carbocycles. The molecule has 4 aromatic rings. The van der Waals surface area contributed by atoms with Gasteiger partial charge in [0.1, 0.15) is 22.8 Å². The first-order valence-electron chi connectivity index (χ1n) is 11.3. The molecule has 0 N–H and O–H groups in total. The SMILES string of the molecule is C=CCOC(=O)c1sc(N2C(=O)c3oc4ccccc4c(=O)c3C2c2cccc(OCC)c2)nc1C. The van der Waals surface area contributed by atoms with Gasteiger partial charge in [0.2, 0.25) is 5.76 Å². The van der Waals surface area contributed by atoms with Gasteiger partial charge < -0.3 is 13.9 Å². The van der Waals surface area contributed by atoms with Crippen molar-refractivity contribution in [3.63, 3.8) is 0 Å². The van der Waals surface area contributed by atoms with Crippen LogP contribution >= 0.6 is 11.3 Å². The molecule has 3 heterocycles. The number of aromatic nitrogens is 1. The lowest BCUT2D eigenvalue weighted by Crippen LogP contribution is -2.29. The van der Waals surface area contributed by atoms with Crippen molar-refractivity contribution in [2.24, 2.45) is 0 Å². The highest BCUT2D eigenvalue weighted by atomic mass is 32.1. The Bertz CT molecular complexity index is 1570. The van der Waals surface area contributed by atoms with Crippen molar-refractivity contribution in [2.75, 3.05) is 18.1 Å². The molecule has 1 unspecified atom stereocenters. The maximum Gasteiger partial charge on any atom is 0.350 e. The van der Waals surface area contributed by atoms with Gasteiger partial charge in [-0.3, -0.25) is 14.5 Å². The lowest BCUT2D eigenvalue weighted by atomic mass is 9.98. The van der Waals surface area contributed by atoms with Gasteiger partial charge in [0, 0.05) is 0 Å². The molecule has 0 fully saturated rings. The van der Waals surface area contributed by atoms with Crippen LogP contribution in [0.4, 0.5) is 5.13 Å². The quantitative estimate of drug-likeness (QED) is 0.258. The summed E-state index contributed by atoms with van der Waals surface area (Å²) < 4.78 is 16.8. The second-order valence-corrected chi connectivity index (χ2v) is 9.03. The molecule has 1 aliphatic rings. The third-order valence-corrected chi connectivity index (χ3v) is 6.91. The molecule has 1 amide bonds. The van der Waals surface area contributed by atoms with Gasteiger partial charge in [-0.1, -0.05) is 48.3 Å². The average molecular weight is 503 g/mol. The Morgan fingerprint density at radius 2 is 2.03 bits per heavy atom. The van der Waals surface area contributed by atoms with Crippen molar-refractivity contribution in [1.82, 2.24) is 4.98 Å². The Balaban J connectivity index is 1.71. The number of benzene rings is 2. The highest BCUT2D eigenvalue weighted by Crippen LogP contribution is 2.43. The predicted molar refractivity (Wildman–Crippen MR) is 136 cm³/mol. The number of nitrogens with zero attached hydrogens (tertiary/aromatic N) is 2. The third kappa shape index (κ3) is 3.87. The molecule has 1 atom stereocenters. The van der Waals surface area contributed by atoms with Crippen LogP contribution in [0.5, 0.6) is 5.75 Å². The Morgan fingerprint density at radius 1 is 1.22 bits per heavy atom. The van der Waals surface area contributed by atoms with Crippen LogP contribution in [0.15, 0.2) is 70.4 Å². The number of anilines is 1. The minimum Gasteiger partial charge on any atom is -0.494 e. The molecular weight excluding hydrogens is 480 g/mol. The molecule has 0 spiro atoms. The van der Waals surface area contributed by atoms with E-state index < -0.39 is 17.9 Å². The minimum atomic E-state index is -0.823. The Kier molecular flexibility index (Phi) is 6.15. The van der Waals surface area contributed by atoms with Crippen LogP contribution in [-0.2, 0) is 4.74 Å². The number of rotatable bonds is 7. The van der Waals surface area contributed by atoms with Crippen LogP contribution in [0, 0.1) is 6.92 Å². The van der Waals surface area contributed by atoms with Gasteiger partial charge in [-0.05, 0) is 43.7 Å². The highest BCUT2D eigenvalue weighted by Gasteiger charge is 2.45. The Labute approximate surface area is 210 Å². The van der Waals surface area contributed by atoms with Crippen molar-refractivity contribution in [3.05, 3.63) is 98.9 Å². The van der Waals surface area contributed by atoms with E-state index in [2.05, 4.69) is 11.6 Å². The minimum absolute atomic E-state index is 0.0471. The van der Waals surface area contributed by atoms with Gasteiger partial charge in [0.05, 0.1) is 29.3 Å². The fraction of sp³-hybridized carbons (Fsp3) is 0.185. The number of hydrogen-bond acceptors (Lipinski definition) is 8. The lowest BCUT2D eigenvalue weighted by molar-refractivity contribution is 0.0554. The normalized spacial score (nSPS) is 14.7. The maximum absolute atomic E-state index is 13.7. The van der Waals surface area contributed by atoms with E-state index in [9.17, 15) is 14.4 Å². The Morgan fingerprint density at radius 3 is 2.81 bits per heavy atom. The molecule has 8 nitrogen and oxygen atoms in total. The fourth-order valence-corrected chi connectivity index (χ4v) is 5.24. The molecule has 1 aliphatic heterocycles. The summed E-state index contributed by atoms with van der Waals surface area (Å²) in [6, 6.07) is 13.2. The summed E-state index contributed by atoms with van der Waals surface area (Å²) in [5, 5.41) is 0.630. The monoisotopic (exact) mass is 502 g/mol. The second-order valence-electron chi connectivity index (χ2n) is 8.05. The van der Waals surface area contributed by atoms with Crippen LogP contribution in [0.2, 0.25) is 0 Å². The number of thiazole rings is 1. The van der Waals surface area contributed by atoms with Crippen molar-refractivity contribution in [3.8, 4) is 5.75 Å². The summed E-state index contributed by atoms with van der Waals surface area (Å²) in [6.07, 6.45) is 1.47. The van der Waals surface area contributed by atoms with Gasteiger partial charge in [0.25, 0.3) is 5.91 Å². The number of carbonyl (C=O) groups is 2. The van der Waals surface area contributed by atoms with Gasteiger partial charge in [0.15, 0.2) is 10.6 Å². The number of aryl methyl sites for hydroxylation is 1. The van der Waals surface area contributed by atoms with Crippen LogP contribution in [0.3, 0.4) is 0 Å². The molecule has 182 valence electrons. The molecule has 0 saturated carbocycles. The summed E-state index contributed by atoms with van der Waals surface area (Å²) in [5.41, 5.74) is 1.31. The zero-order valence-electron chi connectivity index (χ0n) is 19.6. The highest BCUT2D eigenvalue weighted by molar-refractivity contribution is 7.17. The number of fused-ring (bicyclic) bond motifs is 2. The van der Waals surface area contributed by atoms with E-state index in [4.69, 9.17) is 13.9 Å². The van der Waals surface area contributed by atoms with Crippen molar-refractivity contribution in [2.45, 2.75) is 19.9 Å². The molecule has 0 saturated heterocycles. The van der Waals surface area contributed by atoms with E-state index in [1.807, 2.05) is 13.0 Å². The molecule has 0 radical (unpaired) electrons. The molecule has 36 heavy (non-hydrogen) atoms. The number of hydrogen-bond donors (Lipinski definition) is 0. The van der Waals surface area contributed by atoms with Gasteiger partial charge >= 0.3 is 5.97 Å². The standard InChI is InChI=1S/C27H22N2O6S/c1-4-13-34-26(32)24-15(3)28-27(36-24)29-21(16-9-8-10-17(14-16)33-5-2)20-22(30)18-11-6-7-12-19(18)35-23(20)25(29)31/h4,6-12,14,21H,1,5,13H2,2-3H3. The van der Waals surface area contributed by atoms with E-state index in [0.29, 0.717) is 34.6 Å². The van der Waals surface area contributed by atoms with Crippen molar-refractivity contribution >= 4 is 39.3 Å². The van der Waals surface area contributed by atoms with Crippen LogP contribution in [0.25, 0.3) is 11.0 Å². The fourth-order valence-electron chi connectivity index (χ4n) is 4.25. The van der Waals surface area contributed by atoms with Gasteiger partial charge in [-0.2, -0.15) is 0 Å². The molecule has 2 aromatic carbocycles. The third-order valence-electron chi connectivity index (χ3n) is 5.77. The second kappa shape index (κ2) is 9.43. The number of ether oxygens (including phenoxy) is 2. The van der Waals surface area contributed by atoms with E-state index >= 15 is 0 Å². The van der Waals surface area contributed by atoms with Crippen LogP contribution in [-0.4, -0.2) is 30.1 Å². The summed E-state index contributed by atoms with van der Waals surface area (Å²) in [6.45, 7) is 7.61. The topological polar surface area (TPSA) is 98.9 Å². The zero-order chi connectivity index (χ0) is 25.4. The summed E-state index contributed by atoms with van der Waals surface area (Å²) in [5.74, 6) is -0.520. The zero-order valence-corrected chi connectivity index (χ0v) is 20.5. The Hall–Kier alpha value is -4.24. The predicted octanol–water partition coefficient (Wildman–Crippen LogP) is 5.05. The molecule has 2 aromatic heterocycles. The molecular formula is C27H22N2O6S. The summed E-state index contributed by atoms with van der Waals surface area (Å²) in [7, 11) is 0. The molecule has 9 heteroatoms. The largest absolute Gasteiger partial charge is 0.494 e. The number of esters is 1. The number of amides is 1. The van der Waals surface area contributed by atoms with Crippen LogP contribution in [0.1, 0.15) is 50.0 Å². The van der Waals surface area contributed by atoms with Gasteiger partial charge in [-0.25, -0.2) is 9.78 Å². The maximum atomic E-state index is 13.7. The van der Waals surface area contributed by atoms with Crippen molar-refractivity contribution in [1.29, 1.82) is 0 Å². The first-order valence-corrected chi connectivity index (χ1v) is 12.1. The summed E-state index contributed by atoms with van der Waals surface area (Å²) >= 11 is 1.02. The number of carbonyl (C=O) groups excluding carboxylic acids is 2. The van der Waals surface area contributed by atoms with Crippen LogP contribution < -0.4 is 15.1 Å². The first kappa shape index (κ1) is 23.5. The smallest absolute Gasteiger partial charge is 0.350 e. The van der Waals surface area contributed by atoms with E-state index in [-0.39, 0.29) is 33.4 Å². The van der Waals surface area contributed by atoms with Crippen molar-refractivity contribution < 1.29 is 23.5 Å². The first-order chi connectivity index (χ1) is 17.4. The molecule has 0 bridgehead atoms. The average Bonchev–Trinajstić information content (AvgIpc) is 3.40. The van der Waals surface area contributed by atoms with E-state index in [1.165, 1.54) is 11.0 Å². The van der Waals surface area contributed by atoms with E-state index in [0.717, 1.165) is 11.3 Å². The molecule has 5 rings (SSSR count). The lowest BCUT2D eigenvalue weighted by Gasteiger charge is -2.23. The van der Waals surface area contributed by atoms with Gasteiger partial charge in [-0.15, -0.1) is 0 Å². The number of para-hydroxylation sites is 1. The summed E-state index contributed by atoms with van der Waals surface area (Å²) in [4.78, 5) is 46.1.